The number of hydrogen-bond donors (Lipinski definition) is 1. The highest BCUT2D eigenvalue weighted by molar-refractivity contribution is 7.15. The molecular formula is C15H19N7OS. The fourth-order valence-electron chi connectivity index (χ4n) is 2.80. The van der Waals surface area contributed by atoms with E-state index in [1.165, 1.54) is 24.2 Å². The second kappa shape index (κ2) is 5.97. The highest BCUT2D eigenvalue weighted by atomic mass is 32.1. The van der Waals surface area contributed by atoms with E-state index in [2.05, 4.69) is 32.6 Å². The number of fused-ring (bicyclic) bond motifs is 1. The molecule has 1 amide bonds. The minimum absolute atomic E-state index is 0.0716. The summed E-state index contributed by atoms with van der Waals surface area (Å²) < 4.78 is 3.77. The Hall–Kier alpha value is -2.29. The van der Waals surface area contributed by atoms with Gasteiger partial charge in [-0.25, -0.2) is 0 Å². The molecule has 0 radical (unpaired) electrons. The van der Waals surface area contributed by atoms with Gasteiger partial charge in [-0.15, -0.1) is 10.2 Å². The van der Waals surface area contributed by atoms with Crippen LogP contribution in [0.3, 0.4) is 0 Å². The van der Waals surface area contributed by atoms with Crippen LogP contribution in [0.2, 0.25) is 0 Å². The number of aryl methyl sites for hydroxylation is 3. The molecule has 1 fully saturated rings. The third-order valence-corrected chi connectivity index (χ3v) is 5.18. The van der Waals surface area contributed by atoms with E-state index in [4.69, 9.17) is 0 Å². The number of rotatable bonds is 6. The third-order valence-electron chi connectivity index (χ3n) is 4.18. The monoisotopic (exact) mass is 345 g/mol. The van der Waals surface area contributed by atoms with Crippen molar-refractivity contribution in [2.45, 2.75) is 52.1 Å². The fraction of sp³-hybridized carbons (Fsp3) is 0.533. The molecule has 24 heavy (non-hydrogen) atoms. The minimum Gasteiger partial charge on any atom is -0.300 e. The predicted molar refractivity (Wildman–Crippen MR) is 91.1 cm³/mol. The minimum atomic E-state index is -0.0716. The molecule has 1 saturated carbocycles. The van der Waals surface area contributed by atoms with Crippen LogP contribution in [0, 0.1) is 6.92 Å². The van der Waals surface area contributed by atoms with Crippen molar-refractivity contribution >= 4 is 33.4 Å². The maximum atomic E-state index is 12.2. The molecular weight excluding hydrogens is 326 g/mol. The van der Waals surface area contributed by atoms with Crippen LogP contribution < -0.4 is 5.32 Å². The molecule has 1 aliphatic rings. The lowest BCUT2D eigenvalue weighted by Crippen LogP contribution is -2.15. The van der Waals surface area contributed by atoms with Crippen LogP contribution in [0.1, 0.15) is 42.8 Å². The zero-order chi connectivity index (χ0) is 16.7. The van der Waals surface area contributed by atoms with Crippen LogP contribution in [0.25, 0.3) is 11.0 Å². The molecule has 126 valence electrons. The Morgan fingerprint density at radius 2 is 2.21 bits per heavy atom. The summed E-state index contributed by atoms with van der Waals surface area (Å²) in [6.07, 6.45) is 4.51. The number of nitrogens with one attached hydrogen (secondary N) is 1. The van der Waals surface area contributed by atoms with Gasteiger partial charge >= 0.3 is 0 Å². The zero-order valence-corrected chi connectivity index (χ0v) is 14.5. The number of aromatic nitrogens is 6. The van der Waals surface area contributed by atoms with Crippen molar-refractivity contribution in [1.29, 1.82) is 0 Å². The Kier molecular flexibility index (Phi) is 3.79. The molecule has 0 atom stereocenters. The Morgan fingerprint density at radius 1 is 1.38 bits per heavy atom. The molecule has 3 heterocycles. The molecule has 1 N–H and O–H groups in total. The highest BCUT2D eigenvalue weighted by Gasteiger charge is 2.27. The van der Waals surface area contributed by atoms with Crippen molar-refractivity contribution in [2.75, 3.05) is 5.32 Å². The Balaban J connectivity index is 1.40. The summed E-state index contributed by atoms with van der Waals surface area (Å²) in [7, 11) is 0. The molecule has 4 rings (SSSR count). The lowest BCUT2D eigenvalue weighted by molar-refractivity contribution is -0.116. The van der Waals surface area contributed by atoms with Crippen molar-refractivity contribution in [3.05, 3.63) is 16.9 Å². The van der Waals surface area contributed by atoms with E-state index >= 15 is 0 Å². The largest absolute Gasteiger partial charge is 0.300 e. The van der Waals surface area contributed by atoms with Crippen LogP contribution in [0.5, 0.6) is 0 Å². The summed E-state index contributed by atoms with van der Waals surface area (Å²) >= 11 is 1.48. The number of amides is 1. The van der Waals surface area contributed by atoms with Crippen LogP contribution in [0.4, 0.5) is 5.13 Å². The Labute approximate surface area is 142 Å². The molecule has 8 nitrogen and oxygen atoms in total. The normalized spacial score (nSPS) is 14.4. The number of anilines is 1. The molecule has 1 aliphatic carbocycles. The van der Waals surface area contributed by atoms with Crippen LogP contribution in [-0.2, 0) is 17.9 Å². The van der Waals surface area contributed by atoms with Crippen LogP contribution >= 0.6 is 11.3 Å². The number of nitrogens with zero attached hydrogens (tertiary/aromatic N) is 6. The van der Waals surface area contributed by atoms with Crippen molar-refractivity contribution < 1.29 is 4.79 Å². The van der Waals surface area contributed by atoms with E-state index < -0.39 is 0 Å². The van der Waals surface area contributed by atoms with Gasteiger partial charge in [0.25, 0.3) is 0 Å². The first-order valence-electron chi connectivity index (χ1n) is 8.18. The molecule has 0 aromatic carbocycles. The average Bonchev–Trinajstić information content (AvgIpc) is 3.03. The average molecular weight is 345 g/mol. The maximum Gasteiger partial charge on any atom is 0.228 e. The van der Waals surface area contributed by atoms with Gasteiger partial charge in [0.15, 0.2) is 0 Å². The van der Waals surface area contributed by atoms with E-state index in [0.29, 0.717) is 24.0 Å². The summed E-state index contributed by atoms with van der Waals surface area (Å²) in [4.78, 5) is 12.2. The van der Waals surface area contributed by atoms with E-state index in [-0.39, 0.29) is 5.91 Å². The van der Waals surface area contributed by atoms with Gasteiger partial charge in [0.1, 0.15) is 16.0 Å². The van der Waals surface area contributed by atoms with E-state index in [9.17, 15) is 4.79 Å². The summed E-state index contributed by atoms with van der Waals surface area (Å²) in [5.41, 5.74) is 2.94. The molecule has 3 aromatic rings. The summed E-state index contributed by atoms with van der Waals surface area (Å²) in [5, 5.41) is 21.5. The SMILES string of the molecule is CCn1nc(C)c2c1cnn2CCC(=O)Nc1nnc(C2CC2)s1. The van der Waals surface area contributed by atoms with E-state index in [1.807, 2.05) is 22.5 Å². The second-order valence-corrected chi connectivity index (χ2v) is 7.03. The van der Waals surface area contributed by atoms with Crippen LogP contribution in [-0.4, -0.2) is 35.7 Å². The van der Waals surface area contributed by atoms with E-state index in [0.717, 1.165) is 28.3 Å². The molecule has 0 saturated heterocycles. The lowest BCUT2D eigenvalue weighted by atomic mass is 10.3. The maximum absolute atomic E-state index is 12.2. The van der Waals surface area contributed by atoms with Crippen molar-refractivity contribution in [2.24, 2.45) is 0 Å². The lowest BCUT2D eigenvalue weighted by Gasteiger charge is -2.03. The van der Waals surface area contributed by atoms with Crippen molar-refractivity contribution in [3.63, 3.8) is 0 Å². The zero-order valence-electron chi connectivity index (χ0n) is 13.7. The van der Waals surface area contributed by atoms with Gasteiger partial charge in [-0.2, -0.15) is 10.2 Å². The smallest absolute Gasteiger partial charge is 0.228 e. The summed E-state index contributed by atoms with van der Waals surface area (Å²) in [6, 6.07) is 0. The molecule has 9 heteroatoms. The number of carbonyl (C=O) groups is 1. The summed E-state index contributed by atoms with van der Waals surface area (Å²) in [5.74, 6) is 0.487. The molecule has 0 spiro atoms. The first kappa shape index (κ1) is 15.3. The standard InChI is InChI=1S/C15H19N7OS/c1-3-21-11-8-16-22(13(11)9(2)20-21)7-6-12(23)17-15-19-18-14(24-15)10-4-5-10/h8,10H,3-7H2,1-2H3,(H,17,19,23). The van der Waals surface area contributed by atoms with Crippen LogP contribution in [0.15, 0.2) is 6.20 Å². The predicted octanol–water partition coefficient (Wildman–Crippen LogP) is 2.32. The third kappa shape index (κ3) is 2.79. The molecule has 3 aromatic heterocycles. The highest BCUT2D eigenvalue weighted by Crippen LogP contribution is 2.42. The number of carbonyl (C=O) groups excluding carboxylic acids is 1. The fourth-order valence-corrected chi connectivity index (χ4v) is 3.73. The van der Waals surface area contributed by atoms with Gasteiger partial charge in [-0.05, 0) is 26.7 Å². The van der Waals surface area contributed by atoms with Gasteiger partial charge in [-0.3, -0.25) is 14.2 Å². The number of hydrogen-bond acceptors (Lipinski definition) is 6. The van der Waals surface area contributed by atoms with Gasteiger partial charge in [-0.1, -0.05) is 11.3 Å². The molecule has 0 aliphatic heterocycles. The quantitative estimate of drug-likeness (QED) is 0.740. The first-order chi connectivity index (χ1) is 11.7. The summed E-state index contributed by atoms with van der Waals surface area (Å²) in [6.45, 7) is 5.33. The van der Waals surface area contributed by atoms with Gasteiger partial charge < -0.3 is 5.32 Å². The topological polar surface area (TPSA) is 90.5 Å². The van der Waals surface area contributed by atoms with Crippen molar-refractivity contribution in [1.82, 2.24) is 29.8 Å². The van der Waals surface area contributed by atoms with Crippen molar-refractivity contribution in [3.8, 4) is 0 Å². The first-order valence-corrected chi connectivity index (χ1v) is 8.99. The Morgan fingerprint density at radius 3 is 2.96 bits per heavy atom. The molecule has 0 unspecified atom stereocenters. The second-order valence-electron chi connectivity index (χ2n) is 6.02. The Bertz CT molecular complexity index is 889. The molecule has 0 bridgehead atoms. The van der Waals surface area contributed by atoms with Gasteiger partial charge in [0.05, 0.1) is 18.4 Å². The van der Waals surface area contributed by atoms with Gasteiger partial charge in [0.2, 0.25) is 11.0 Å². The van der Waals surface area contributed by atoms with Gasteiger partial charge in [0, 0.05) is 18.9 Å². The van der Waals surface area contributed by atoms with E-state index in [1.54, 1.807) is 0 Å².